The zero-order valence-corrected chi connectivity index (χ0v) is 11.8. The van der Waals surface area contributed by atoms with E-state index in [2.05, 4.69) is 15.3 Å². The SMILES string of the molecule is COc1ccc([C@@H](NC(=O)c2cnccn2)C2CC2)cc1. The van der Waals surface area contributed by atoms with Gasteiger partial charge in [-0.05, 0) is 36.5 Å². The molecule has 5 nitrogen and oxygen atoms in total. The molecule has 0 aliphatic heterocycles. The summed E-state index contributed by atoms with van der Waals surface area (Å²) in [5.74, 6) is 1.13. The third-order valence-corrected chi connectivity index (χ3v) is 3.65. The average molecular weight is 283 g/mol. The van der Waals surface area contributed by atoms with Crippen molar-refractivity contribution in [2.24, 2.45) is 5.92 Å². The number of carbonyl (C=O) groups is 1. The van der Waals surface area contributed by atoms with Crippen molar-refractivity contribution in [2.75, 3.05) is 7.11 Å². The van der Waals surface area contributed by atoms with Crippen LogP contribution in [0.15, 0.2) is 42.9 Å². The van der Waals surface area contributed by atoms with Crippen LogP contribution in [-0.4, -0.2) is 23.0 Å². The van der Waals surface area contributed by atoms with Crippen molar-refractivity contribution in [3.63, 3.8) is 0 Å². The molecular weight excluding hydrogens is 266 g/mol. The highest BCUT2D eigenvalue weighted by molar-refractivity contribution is 5.92. The first-order valence-electron chi connectivity index (χ1n) is 6.99. The van der Waals surface area contributed by atoms with E-state index in [1.54, 1.807) is 13.3 Å². The topological polar surface area (TPSA) is 64.1 Å². The largest absolute Gasteiger partial charge is 0.497 e. The van der Waals surface area contributed by atoms with Crippen molar-refractivity contribution in [3.8, 4) is 5.75 Å². The Bertz CT molecular complexity index is 609. The summed E-state index contributed by atoms with van der Waals surface area (Å²) in [5.41, 5.74) is 1.44. The fraction of sp³-hybridized carbons (Fsp3) is 0.312. The van der Waals surface area contributed by atoms with Crippen molar-refractivity contribution in [2.45, 2.75) is 18.9 Å². The first-order chi connectivity index (χ1) is 10.3. The lowest BCUT2D eigenvalue weighted by Crippen LogP contribution is -2.30. The first-order valence-corrected chi connectivity index (χ1v) is 6.99. The Hall–Kier alpha value is -2.43. The van der Waals surface area contributed by atoms with Crippen molar-refractivity contribution in [1.29, 1.82) is 0 Å². The van der Waals surface area contributed by atoms with E-state index in [0.29, 0.717) is 11.6 Å². The minimum atomic E-state index is -0.184. The smallest absolute Gasteiger partial charge is 0.271 e. The van der Waals surface area contributed by atoms with Gasteiger partial charge >= 0.3 is 0 Å². The fourth-order valence-electron chi connectivity index (χ4n) is 2.35. The predicted molar refractivity (Wildman–Crippen MR) is 78.0 cm³/mol. The summed E-state index contributed by atoms with van der Waals surface area (Å²) in [4.78, 5) is 20.2. The second kappa shape index (κ2) is 5.91. The quantitative estimate of drug-likeness (QED) is 0.915. The van der Waals surface area contributed by atoms with Gasteiger partial charge in [-0.2, -0.15) is 0 Å². The van der Waals surface area contributed by atoms with Crippen molar-refractivity contribution in [3.05, 3.63) is 54.1 Å². The summed E-state index contributed by atoms with van der Waals surface area (Å²) < 4.78 is 5.17. The molecule has 1 fully saturated rings. The Morgan fingerprint density at radius 2 is 2.05 bits per heavy atom. The zero-order chi connectivity index (χ0) is 14.7. The molecule has 1 atom stereocenters. The fourth-order valence-corrected chi connectivity index (χ4v) is 2.35. The molecule has 1 heterocycles. The molecule has 1 saturated carbocycles. The average Bonchev–Trinajstić information content (AvgIpc) is 3.38. The van der Waals surface area contributed by atoms with Crippen LogP contribution in [-0.2, 0) is 0 Å². The van der Waals surface area contributed by atoms with Crippen LogP contribution in [0, 0.1) is 5.92 Å². The number of ether oxygens (including phenoxy) is 1. The minimum absolute atomic E-state index is 0.0189. The lowest BCUT2D eigenvalue weighted by Gasteiger charge is -2.18. The summed E-state index contributed by atoms with van der Waals surface area (Å²) in [6, 6.07) is 7.85. The minimum Gasteiger partial charge on any atom is -0.497 e. The van der Waals surface area contributed by atoms with Gasteiger partial charge < -0.3 is 10.1 Å². The molecule has 1 amide bonds. The van der Waals surface area contributed by atoms with Gasteiger partial charge in [0.2, 0.25) is 0 Å². The molecule has 0 saturated heterocycles. The lowest BCUT2D eigenvalue weighted by molar-refractivity contribution is 0.0926. The number of methoxy groups -OCH3 is 1. The maximum Gasteiger partial charge on any atom is 0.271 e. The molecule has 108 valence electrons. The summed E-state index contributed by atoms with van der Waals surface area (Å²) in [5, 5.41) is 3.07. The summed E-state index contributed by atoms with van der Waals surface area (Å²) in [7, 11) is 1.64. The van der Waals surface area contributed by atoms with Crippen molar-refractivity contribution < 1.29 is 9.53 Å². The Kier molecular flexibility index (Phi) is 3.81. The molecule has 1 aliphatic rings. The Morgan fingerprint density at radius 1 is 1.29 bits per heavy atom. The predicted octanol–water partition coefficient (Wildman–Crippen LogP) is 2.37. The van der Waals surface area contributed by atoms with E-state index in [-0.39, 0.29) is 11.9 Å². The van der Waals surface area contributed by atoms with Crippen LogP contribution in [0.25, 0.3) is 0 Å². The third kappa shape index (κ3) is 3.18. The monoisotopic (exact) mass is 283 g/mol. The van der Waals surface area contributed by atoms with Crippen LogP contribution >= 0.6 is 0 Å². The Labute approximate surface area is 123 Å². The number of benzene rings is 1. The molecule has 0 spiro atoms. The van der Waals surface area contributed by atoms with Gasteiger partial charge in [0.15, 0.2) is 0 Å². The molecule has 1 aromatic heterocycles. The highest BCUT2D eigenvalue weighted by Crippen LogP contribution is 2.41. The molecule has 0 radical (unpaired) electrons. The van der Waals surface area contributed by atoms with Crippen LogP contribution < -0.4 is 10.1 Å². The van der Waals surface area contributed by atoms with Gasteiger partial charge in [-0.15, -0.1) is 0 Å². The van der Waals surface area contributed by atoms with E-state index >= 15 is 0 Å². The second-order valence-electron chi connectivity index (χ2n) is 5.15. The van der Waals surface area contributed by atoms with Gasteiger partial charge in [0, 0.05) is 12.4 Å². The van der Waals surface area contributed by atoms with Gasteiger partial charge in [-0.25, -0.2) is 4.98 Å². The van der Waals surface area contributed by atoms with Crippen LogP contribution in [0.4, 0.5) is 0 Å². The lowest BCUT2D eigenvalue weighted by atomic mass is 10.0. The van der Waals surface area contributed by atoms with E-state index in [9.17, 15) is 4.79 Å². The highest BCUT2D eigenvalue weighted by atomic mass is 16.5. The third-order valence-electron chi connectivity index (χ3n) is 3.65. The van der Waals surface area contributed by atoms with Crippen molar-refractivity contribution in [1.82, 2.24) is 15.3 Å². The molecule has 5 heteroatoms. The summed E-state index contributed by atoms with van der Waals surface area (Å²) >= 11 is 0. The van der Waals surface area contributed by atoms with Crippen LogP contribution in [0.2, 0.25) is 0 Å². The first kappa shape index (κ1) is 13.5. The van der Waals surface area contributed by atoms with Gasteiger partial charge in [0.25, 0.3) is 5.91 Å². The number of nitrogens with one attached hydrogen (secondary N) is 1. The number of hydrogen-bond acceptors (Lipinski definition) is 4. The molecule has 2 aromatic rings. The van der Waals surface area contributed by atoms with Crippen molar-refractivity contribution >= 4 is 5.91 Å². The normalized spacial score (nSPS) is 15.3. The van der Waals surface area contributed by atoms with Gasteiger partial charge in [0.05, 0.1) is 19.3 Å². The van der Waals surface area contributed by atoms with Gasteiger partial charge in [-0.1, -0.05) is 12.1 Å². The van der Waals surface area contributed by atoms with E-state index in [1.807, 2.05) is 24.3 Å². The molecule has 1 aliphatic carbocycles. The van der Waals surface area contributed by atoms with Gasteiger partial charge in [-0.3, -0.25) is 9.78 Å². The standard InChI is InChI=1S/C16H17N3O2/c1-21-13-6-4-12(5-7-13)15(11-2-3-11)19-16(20)14-10-17-8-9-18-14/h4-11,15H,2-3H2,1H3,(H,19,20)/t15-/m0/s1. The molecule has 1 aromatic carbocycles. The van der Waals surface area contributed by atoms with Crippen LogP contribution in [0.1, 0.15) is 34.9 Å². The molecule has 3 rings (SSSR count). The van der Waals surface area contributed by atoms with Gasteiger partial charge in [0.1, 0.15) is 11.4 Å². The number of aromatic nitrogens is 2. The Morgan fingerprint density at radius 3 is 2.62 bits per heavy atom. The number of hydrogen-bond donors (Lipinski definition) is 1. The maximum atomic E-state index is 12.2. The van der Waals surface area contributed by atoms with Crippen LogP contribution in [0.5, 0.6) is 5.75 Å². The second-order valence-corrected chi connectivity index (χ2v) is 5.15. The molecule has 0 bridgehead atoms. The number of rotatable bonds is 5. The van der Waals surface area contributed by atoms with Crippen LogP contribution in [0.3, 0.4) is 0 Å². The molecular formula is C16H17N3O2. The maximum absolute atomic E-state index is 12.2. The Balaban J connectivity index is 1.77. The number of amides is 1. The molecule has 1 N–H and O–H groups in total. The number of carbonyl (C=O) groups excluding carboxylic acids is 1. The highest BCUT2D eigenvalue weighted by Gasteiger charge is 2.33. The molecule has 21 heavy (non-hydrogen) atoms. The zero-order valence-electron chi connectivity index (χ0n) is 11.8. The van der Waals surface area contributed by atoms with E-state index in [0.717, 1.165) is 24.2 Å². The van der Waals surface area contributed by atoms with E-state index in [4.69, 9.17) is 4.74 Å². The molecule has 0 unspecified atom stereocenters. The van der Waals surface area contributed by atoms with E-state index < -0.39 is 0 Å². The summed E-state index contributed by atoms with van der Waals surface area (Å²) in [6.45, 7) is 0. The van der Waals surface area contributed by atoms with E-state index in [1.165, 1.54) is 12.4 Å². The summed E-state index contributed by atoms with van der Waals surface area (Å²) in [6.07, 6.45) is 6.83. The number of nitrogens with zero attached hydrogens (tertiary/aromatic N) is 2.